The number of piperidine rings is 2. The van der Waals surface area contributed by atoms with Crippen LogP contribution in [-0.2, 0) is 0 Å². The van der Waals surface area contributed by atoms with Crippen LogP contribution in [0.1, 0.15) is 42.5 Å². The number of amides is 1. The Kier molecular flexibility index (Phi) is 3.13. The highest BCUT2D eigenvalue weighted by Crippen LogP contribution is 2.49. The lowest BCUT2D eigenvalue weighted by Crippen LogP contribution is -2.59. The molecule has 2 N–H and O–H groups in total. The molecule has 2 saturated heterocycles. The van der Waals surface area contributed by atoms with Crippen molar-refractivity contribution in [3.05, 3.63) is 27.7 Å². The molecule has 0 unspecified atom stereocenters. The van der Waals surface area contributed by atoms with E-state index in [1.165, 1.54) is 6.42 Å². The molecule has 1 amide bonds. The van der Waals surface area contributed by atoms with Gasteiger partial charge in [0.25, 0.3) is 5.91 Å². The van der Waals surface area contributed by atoms with Crippen LogP contribution in [0.4, 0.5) is 5.69 Å². The number of carbonyl (C=O) groups is 1. The molecule has 4 aliphatic rings. The quantitative estimate of drug-likeness (QED) is 0.794. The summed E-state index contributed by atoms with van der Waals surface area (Å²) >= 11 is 12.1. The normalized spacial score (nSPS) is 33.5. The molecule has 112 valence electrons. The van der Waals surface area contributed by atoms with E-state index in [1.54, 1.807) is 12.1 Å². The smallest absolute Gasteiger partial charge is 0.254 e. The third-order valence-corrected chi connectivity index (χ3v) is 6.06. The third-order valence-electron chi connectivity index (χ3n) is 5.44. The lowest BCUT2D eigenvalue weighted by Gasteiger charge is -2.56. The SMILES string of the molecule is Nc1c(Cl)cc(C(=O)N2C3CC4CC(C3)CC2C4)cc1Cl. The average molecular weight is 325 g/mol. The van der Waals surface area contributed by atoms with Crippen molar-refractivity contribution in [2.45, 2.75) is 44.2 Å². The lowest BCUT2D eigenvalue weighted by atomic mass is 9.63. The highest BCUT2D eigenvalue weighted by atomic mass is 35.5. The molecular weight excluding hydrogens is 307 g/mol. The van der Waals surface area contributed by atoms with Gasteiger partial charge < -0.3 is 10.6 Å². The predicted octanol–water partition coefficient (Wildman–Crippen LogP) is 3.98. The zero-order valence-electron chi connectivity index (χ0n) is 11.7. The van der Waals surface area contributed by atoms with Crippen LogP contribution in [0.2, 0.25) is 10.0 Å². The molecule has 4 fully saturated rings. The van der Waals surface area contributed by atoms with Crippen molar-refractivity contribution in [2.24, 2.45) is 11.8 Å². The summed E-state index contributed by atoms with van der Waals surface area (Å²) in [6, 6.07) is 4.11. The molecule has 4 bridgehead atoms. The van der Waals surface area contributed by atoms with E-state index < -0.39 is 0 Å². The second-order valence-corrected chi connectivity index (χ2v) is 7.60. The summed E-state index contributed by atoms with van der Waals surface area (Å²) in [4.78, 5) is 15.0. The number of halogens is 2. The van der Waals surface area contributed by atoms with Crippen molar-refractivity contribution < 1.29 is 4.79 Å². The first-order chi connectivity index (χ1) is 10.0. The van der Waals surface area contributed by atoms with Gasteiger partial charge in [0.2, 0.25) is 0 Å². The second-order valence-electron chi connectivity index (χ2n) is 6.78. The maximum Gasteiger partial charge on any atom is 0.254 e. The summed E-state index contributed by atoms with van der Waals surface area (Å²) in [7, 11) is 0. The Morgan fingerprint density at radius 1 is 1.00 bits per heavy atom. The number of nitrogens with two attached hydrogens (primary N) is 1. The van der Waals surface area contributed by atoms with Crippen molar-refractivity contribution in [2.75, 3.05) is 5.73 Å². The number of nitrogens with zero attached hydrogens (tertiary/aromatic N) is 1. The van der Waals surface area contributed by atoms with E-state index in [9.17, 15) is 4.79 Å². The van der Waals surface area contributed by atoms with Gasteiger partial charge in [-0.05, 0) is 56.1 Å². The molecule has 2 saturated carbocycles. The zero-order valence-corrected chi connectivity index (χ0v) is 13.2. The van der Waals surface area contributed by atoms with Gasteiger partial charge in [-0.1, -0.05) is 23.2 Å². The summed E-state index contributed by atoms with van der Waals surface area (Å²) in [5.41, 5.74) is 6.66. The number of hydrogen-bond donors (Lipinski definition) is 1. The van der Waals surface area contributed by atoms with Crippen molar-refractivity contribution in [3.63, 3.8) is 0 Å². The Bertz CT molecular complexity index is 565. The fourth-order valence-electron chi connectivity index (χ4n) is 4.72. The summed E-state index contributed by atoms with van der Waals surface area (Å²) in [6.45, 7) is 0. The van der Waals surface area contributed by atoms with Gasteiger partial charge in [-0.3, -0.25) is 4.79 Å². The number of hydrogen-bond acceptors (Lipinski definition) is 2. The summed E-state index contributed by atoms with van der Waals surface area (Å²) in [5, 5.41) is 0.715. The molecule has 3 nitrogen and oxygen atoms in total. The van der Waals surface area contributed by atoms with Gasteiger partial charge in [-0.25, -0.2) is 0 Å². The molecule has 2 heterocycles. The Hall–Kier alpha value is -0.930. The van der Waals surface area contributed by atoms with Crippen LogP contribution in [0.3, 0.4) is 0 Å². The molecule has 2 aliphatic carbocycles. The van der Waals surface area contributed by atoms with E-state index >= 15 is 0 Å². The van der Waals surface area contributed by atoms with Gasteiger partial charge in [0.1, 0.15) is 0 Å². The first kappa shape index (κ1) is 13.7. The molecule has 0 spiro atoms. The van der Waals surface area contributed by atoms with E-state index in [2.05, 4.69) is 4.90 Å². The summed E-state index contributed by atoms with van der Waals surface area (Å²) in [6.07, 6.45) is 6.02. The Balaban J connectivity index is 1.66. The van der Waals surface area contributed by atoms with E-state index in [0.717, 1.165) is 37.5 Å². The highest BCUT2D eigenvalue weighted by molar-refractivity contribution is 6.39. The lowest BCUT2D eigenvalue weighted by molar-refractivity contribution is -0.0415. The maximum atomic E-state index is 12.9. The van der Waals surface area contributed by atoms with E-state index in [0.29, 0.717) is 33.4 Å². The monoisotopic (exact) mass is 324 g/mol. The summed E-state index contributed by atoms with van der Waals surface area (Å²) in [5.74, 6) is 1.72. The molecule has 0 radical (unpaired) electrons. The Morgan fingerprint density at radius 3 is 1.95 bits per heavy atom. The largest absolute Gasteiger partial charge is 0.396 e. The van der Waals surface area contributed by atoms with Crippen LogP contribution in [0, 0.1) is 11.8 Å². The number of anilines is 1. The maximum absolute atomic E-state index is 12.9. The molecule has 2 aliphatic heterocycles. The van der Waals surface area contributed by atoms with Crippen LogP contribution in [0.15, 0.2) is 12.1 Å². The highest BCUT2D eigenvalue weighted by Gasteiger charge is 2.48. The standard InChI is InChI=1S/C16H18Cl2N2O/c17-13-6-10(7-14(18)15(13)19)16(21)20-11-2-8-1-9(4-11)5-12(20)3-8/h6-9,11-12H,1-5,19H2. The molecule has 0 atom stereocenters. The van der Waals surface area contributed by atoms with E-state index in [-0.39, 0.29) is 5.91 Å². The van der Waals surface area contributed by atoms with Crippen LogP contribution >= 0.6 is 23.2 Å². The minimum Gasteiger partial charge on any atom is -0.396 e. The summed E-state index contributed by atoms with van der Waals surface area (Å²) < 4.78 is 0. The number of benzene rings is 1. The van der Waals surface area contributed by atoms with E-state index in [4.69, 9.17) is 28.9 Å². The Morgan fingerprint density at radius 2 is 1.48 bits per heavy atom. The molecule has 0 aromatic heterocycles. The van der Waals surface area contributed by atoms with Crippen molar-refractivity contribution in [1.29, 1.82) is 0 Å². The third kappa shape index (κ3) is 2.13. The molecule has 1 aromatic rings. The van der Waals surface area contributed by atoms with Gasteiger partial charge in [0.05, 0.1) is 15.7 Å². The average Bonchev–Trinajstić information content (AvgIpc) is 2.42. The molecule has 5 heteroatoms. The van der Waals surface area contributed by atoms with Crippen LogP contribution in [0.5, 0.6) is 0 Å². The molecule has 21 heavy (non-hydrogen) atoms. The number of rotatable bonds is 1. The fourth-order valence-corrected chi connectivity index (χ4v) is 5.21. The topological polar surface area (TPSA) is 46.3 Å². The van der Waals surface area contributed by atoms with Gasteiger partial charge in [0.15, 0.2) is 0 Å². The van der Waals surface area contributed by atoms with Gasteiger partial charge in [0, 0.05) is 17.6 Å². The zero-order chi connectivity index (χ0) is 14.7. The minimum atomic E-state index is 0.0626. The molecule has 5 rings (SSSR count). The van der Waals surface area contributed by atoms with E-state index in [1.807, 2.05) is 0 Å². The number of nitrogen functional groups attached to an aromatic ring is 1. The fraction of sp³-hybridized carbons (Fsp3) is 0.562. The van der Waals surface area contributed by atoms with Crippen molar-refractivity contribution in [1.82, 2.24) is 4.90 Å². The minimum absolute atomic E-state index is 0.0626. The molecular formula is C16H18Cl2N2O. The Labute approximate surface area is 134 Å². The van der Waals surface area contributed by atoms with Crippen molar-refractivity contribution >= 4 is 34.8 Å². The van der Waals surface area contributed by atoms with Crippen molar-refractivity contribution in [3.8, 4) is 0 Å². The first-order valence-corrected chi connectivity index (χ1v) is 8.35. The van der Waals surface area contributed by atoms with Crippen LogP contribution in [-0.4, -0.2) is 22.9 Å². The predicted molar refractivity (Wildman–Crippen MR) is 84.7 cm³/mol. The van der Waals surface area contributed by atoms with Crippen LogP contribution in [0.25, 0.3) is 0 Å². The number of carbonyl (C=O) groups excluding carboxylic acids is 1. The first-order valence-electron chi connectivity index (χ1n) is 7.60. The molecule has 1 aromatic carbocycles. The van der Waals surface area contributed by atoms with Gasteiger partial charge in [-0.15, -0.1) is 0 Å². The van der Waals surface area contributed by atoms with Crippen LogP contribution < -0.4 is 5.73 Å². The van der Waals surface area contributed by atoms with Gasteiger partial charge >= 0.3 is 0 Å². The second kappa shape index (κ2) is 4.79. The van der Waals surface area contributed by atoms with Gasteiger partial charge in [-0.2, -0.15) is 0 Å².